The molecule has 4 heteroatoms. The molecule has 1 heterocycles. The van der Waals surface area contributed by atoms with Gasteiger partial charge >= 0.3 is 5.97 Å². The molecule has 2 rings (SSSR count). The highest BCUT2D eigenvalue weighted by Crippen LogP contribution is 2.19. The Balaban J connectivity index is 2.51. The van der Waals surface area contributed by atoms with E-state index in [4.69, 9.17) is 5.11 Å². The number of pyridine rings is 1. The molecule has 0 aromatic carbocycles. The summed E-state index contributed by atoms with van der Waals surface area (Å²) in [5.41, 5.74) is 1.20. The van der Waals surface area contributed by atoms with E-state index < -0.39 is 5.97 Å². The molecule has 0 spiro atoms. The maximum Gasteiger partial charge on any atom is 0.354 e. The quantitative estimate of drug-likeness (QED) is 0.692. The van der Waals surface area contributed by atoms with Crippen LogP contribution in [-0.2, 0) is 6.42 Å². The Kier molecular flexibility index (Phi) is 1.62. The number of rotatable bonds is 1. The lowest BCUT2D eigenvalue weighted by molar-refractivity contribution is 0.0690. The first kappa shape index (κ1) is 7.91. The summed E-state index contributed by atoms with van der Waals surface area (Å²) in [5.74, 6) is -0.999. The number of aromatic nitrogens is 1. The predicted octanol–water partition coefficient (Wildman–Crippen LogP) is 0.909. The van der Waals surface area contributed by atoms with Gasteiger partial charge in [0.15, 0.2) is 5.78 Å². The van der Waals surface area contributed by atoms with Crippen molar-refractivity contribution >= 4 is 11.8 Å². The van der Waals surface area contributed by atoms with Crippen molar-refractivity contribution in [3.63, 3.8) is 0 Å². The van der Waals surface area contributed by atoms with Gasteiger partial charge in [0.1, 0.15) is 5.69 Å². The fourth-order valence-electron chi connectivity index (χ4n) is 1.43. The number of nitrogens with zero attached hydrogens (tertiary/aromatic N) is 1. The van der Waals surface area contributed by atoms with Crippen molar-refractivity contribution in [1.29, 1.82) is 0 Å². The van der Waals surface area contributed by atoms with Crippen molar-refractivity contribution in [3.8, 4) is 0 Å². The molecule has 4 nitrogen and oxygen atoms in total. The van der Waals surface area contributed by atoms with Crippen LogP contribution in [0.3, 0.4) is 0 Å². The number of carbonyl (C=O) groups excluding carboxylic acids is 1. The topological polar surface area (TPSA) is 67.3 Å². The molecule has 0 unspecified atom stereocenters. The van der Waals surface area contributed by atoms with Crippen molar-refractivity contribution in [3.05, 3.63) is 29.1 Å². The van der Waals surface area contributed by atoms with Crippen molar-refractivity contribution in [1.82, 2.24) is 4.98 Å². The fraction of sp³-hybridized carbons (Fsp3) is 0.222. The number of aryl methyl sites for hydroxylation is 1. The summed E-state index contributed by atoms with van der Waals surface area (Å²) in [6.07, 6.45) is 1.01. The second kappa shape index (κ2) is 2.65. The molecule has 1 aromatic rings. The van der Waals surface area contributed by atoms with Crippen LogP contribution in [0.4, 0.5) is 0 Å². The van der Waals surface area contributed by atoms with E-state index in [1.165, 1.54) is 6.07 Å². The fourth-order valence-corrected chi connectivity index (χ4v) is 1.43. The van der Waals surface area contributed by atoms with Gasteiger partial charge in [0.2, 0.25) is 0 Å². The number of fused-ring (bicyclic) bond motifs is 1. The lowest BCUT2D eigenvalue weighted by Crippen LogP contribution is -2.03. The molecule has 13 heavy (non-hydrogen) atoms. The molecule has 0 saturated heterocycles. The van der Waals surface area contributed by atoms with Gasteiger partial charge in [0, 0.05) is 12.0 Å². The smallest absolute Gasteiger partial charge is 0.354 e. The molecule has 0 bridgehead atoms. The van der Waals surface area contributed by atoms with Gasteiger partial charge in [-0.3, -0.25) is 4.79 Å². The Morgan fingerprint density at radius 2 is 2.15 bits per heavy atom. The molecule has 0 aliphatic heterocycles. The van der Waals surface area contributed by atoms with Crippen LogP contribution in [0.1, 0.15) is 33.0 Å². The minimum atomic E-state index is -1.05. The molecule has 1 aliphatic carbocycles. The normalized spacial score (nSPS) is 14.3. The number of aromatic carboxylic acids is 1. The molecule has 1 aromatic heterocycles. The number of carboxylic acid groups (broad SMARTS) is 1. The van der Waals surface area contributed by atoms with Crippen LogP contribution in [0.25, 0.3) is 0 Å². The largest absolute Gasteiger partial charge is 0.477 e. The van der Waals surface area contributed by atoms with E-state index in [2.05, 4.69) is 4.98 Å². The Labute approximate surface area is 74.2 Å². The second-order valence-corrected chi connectivity index (χ2v) is 2.92. The van der Waals surface area contributed by atoms with Crippen LogP contribution in [0.2, 0.25) is 0 Å². The molecular formula is C9H7NO3. The molecule has 0 amide bonds. The Hall–Kier alpha value is -1.71. The summed E-state index contributed by atoms with van der Waals surface area (Å²) >= 11 is 0. The molecule has 0 fully saturated rings. The summed E-state index contributed by atoms with van der Waals surface area (Å²) in [7, 11) is 0. The highest BCUT2D eigenvalue weighted by atomic mass is 16.4. The SMILES string of the molecule is O=C(O)c1ccc2c(n1)CCC2=O. The van der Waals surface area contributed by atoms with E-state index >= 15 is 0 Å². The number of hydrogen-bond donors (Lipinski definition) is 1. The van der Waals surface area contributed by atoms with E-state index in [0.29, 0.717) is 24.1 Å². The van der Waals surface area contributed by atoms with E-state index in [9.17, 15) is 9.59 Å². The summed E-state index contributed by atoms with van der Waals surface area (Å²) < 4.78 is 0. The Morgan fingerprint density at radius 1 is 1.38 bits per heavy atom. The zero-order chi connectivity index (χ0) is 9.42. The number of Topliss-reactive ketones (excluding diaryl/α,β-unsaturated/α-hetero) is 1. The third-order valence-corrected chi connectivity index (χ3v) is 2.08. The summed E-state index contributed by atoms with van der Waals surface area (Å²) in [6, 6.07) is 2.91. The molecule has 0 saturated carbocycles. The van der Waals surface area contributed by atoms with Gasteiger partial charge in [-0.15, -0.1) is 0 Å². The lowest BCUT2D eigenvalue weighted by Gasteiger charge is -1.97. The van der Waals surface area contributed by atoms with Crippen molar-refractivity contribution in [2.45, 2.75) is 12.8 Å². The van der Waals surface area contributed by atoms with Gasteiger partial charge in [-0.25, -0.2) is 9.78 Å². The van der Waals surface area contributed by atoms with Gasteiger partial charge in [-0.05, 0) is 18.6 Å². The molecule has 1 N–H and O–H groups in total. The maximum atomic E-state index is 11.2. The Morgan fingerprint density at radius 3 is 2.85 bits per heavy atom. The molecule has 0 atom stereocenters. The van der Waals surface area contributed by atoms with Crippen LogP contribution in [0, 0.1) is 0 Å². The Bertz CT molecular complexity index is 398. The predicted molar refractivity (Wildman–Crippen MR) is 43.8 cm³/mol. The van der Waals surface area contributed by atoms with Crippen molar-refractivity contribution in [2.24, 2.45) is 0 Å². The number of ketones is 1. The number of carboxylic acids is 1. The van der Waals surface area contributed by atoms with Crippen LogP contribution < -0.4 is 0 Å². The second-order valence-electron chi connectivity index (χ2n) is 2.92. The first-order chi connectivity index (χ1) is 6.18. The molecule has 1 aliphatic rings. The van der Waals surface area contributed by atoms with Gasteiger partial charge < -0.3 is 5.11 Å². The minimum absolute atomic E-state index is 0.00782. The van der Waals surface area contributed by atoms with Crippen LogP contribution in [-0.4, -0.2) is 21.8 Å². The van der Waals surface area contributed by atoms with Crippen LogP contribution in [0.5, 0.6) is 0 Å². The zero-order valence-corrected chi connectivity index (χ0v) is 6.78. The van der Waals surface area contributed by atoms with E-state index in [1.807, 2.05) is 0 Å². The molecule has 0 radical (unpaired) electrons. The highest BCUT2D eigenvalue weighted by molar-refractivity contribution is 6.00. The monoisotopic (exact) mass is 177 g/mol. The van der Waals surface area contributed by atoms with Crippen LogP contribution in [0.15, 0.2) is 12.1 Å². The summed E-state index contributed by atoms with van der Waals surface area (Å²) in [4.78, 5) is 25.6. The summed E-state index contributed by atoms with van der Waals surface area (Å²) in [6.45, 7) is 0. The van der Waals surface area contributed by atoms with Crippen molar-refractivity contribution in [2.75, 3.05) is 0 Å². The lowest BCUT2D eigenvalue weighted by atomic mass is 10.2. The third kappa shape index (κ3) is 1.20. The van der Waals surface area contributed by atoms with Gasteiger partial charge in [0.25, 0.3) is 0 Å². The average molecular weight is 177 g/mol. The van der Waals surface area contributed by atoms with Crippen molar-refractivity contribution < 1.29 is 14.7 Å². The first-order valence-electron chi connectivity index (χ1n) is 3.95. The van der Waals surface area contributed by atoms with Gasteiger partial charge in [-0.1, -0.05) is 0 Å². The van der Waals surface area contributed by atoms with Gasteiger partial charge in [0.05, 0.1) is 5.69 Å². The highest BCUT2D eigenvalue weighted by Gasteiger charge is 2.21. The summed E-state index contributed by atoms with van der Waals surface area (Å²) in [5, 5.41) is 8.63. The first-order valence-corrected chi connectivity index (χ1v) is 3.95. The molecular weight excluding hydrogens is 170 g/mol. The third-order valence-electron chi connectivity index (χ3n) is 2.08. The standard InChI is InChI=1S/C9H7NO3/c11-8-4-3-6-5(8)1-2-7(10-6)9(12)13/h1-2H,3-4H2,(H,12,13). The number of carbonyl (C=O) groups is 2. The average Bonchev–Trinajstić information content (AvgIpc) is 2.47. The van der Waals surface area contributed by atoms with Gasteiger partial charge in [-0.2, -0.15) is 0 Å². The zero-order valence-electron chi connectivity index (χ0n) is 6.78. The minimum Gasteiger partial charge on any atom is -0.477 e. The van der Waals surface area contributed by atoms with E-state index in [-0.39, 0.29) is 11.5 Å². The number of hydrogen-bond acceptors (Lipinski definition) is 3. The van der Waals surface area contributed by atoms with E-state index in [0.717, 1.165) is 0 Å². The van der Waals surface area contributed by atoms with Crippen LogP contribution >= 0.6 is 0 Å². The maximum absolute atomic E-state index is 11.2. The molecule has 66 valence electrons. The van der Waals surface area contributed by atoms with E-state index in [1.54, 1.807) is 6.07 Å².